The van der Waals surface area contributed by atoms with Gasteiger partial charge in [0.25, 0.3) is 0 Å². The van der Waals surface area contributed by atoms with Crippen molar-refractivity contribution in [2.75, 3.05) is 20.8 Å². The van der Waals surface area contributed by atoms with Crippen molar-refractivity contribution in [3.63, 3.8) is 0 Å². The maximum absolute atomic E-state index is 5.59. The summed E-state index contributed by atoms with van der Waals surface area (Å²) in [4.78, 5) is 9.34. The highest BCUT2D eigenvalue weighted by atomic mass is 16.5. The maximum Gasteiger partial charge on any atom is 0.213 e. The van der Waals surface area contributed by atoms with E-state index in [0.717, 1.165) is 22.8 Å². The average molecular weight is 398 g/mol. The molecule has 0 saturated heterocycles. The van der Waals surface area contributed by atoms with Crippen LogP contribution in [0, 0.1) is 13.8 Å². The first-order valence-electron chi connectivity index (χ1n) is 9.89. The van der Waals surface area contributed by atoms with Crippen LogP contribution in [0.1, 0.15) is 38.6 Å². The van der Waals surface area contributed by atoms with Crippen LogP contribution in [0.15, 0.2) is 36.4 Å². The van der Waals surface area contributed by atoms with Gasteiger partial charge in [0, 0.05) is 11.8 Å². The van der Waals surface area contributed by atoms with Crippen molar-refractivity contribution >= 4 is 0 Å². The molecule has 2 aromatic heterocycles. The second kappa shape index (κ2) is 10.5. The number of pyridine rings is 1. The molecule has 0 aliphatic carbocycles. The van der Waals surface area contributed by atoms with Gasteiger partial charge in [-0.05, 0) is 39.0 Å². The molecule has 0 atom stereocenters. The quantitative estimate of drug-likeness (QED) is 0.559. The van der Waals surface area contributed by atoms with Crippen molar-refractivity contribution in [3.8, 4) is 34.6 Å². The lowest BCUT2D eigenvalue weighted by Crippen LogP contribution is -2.06. The summed E-state index contributed by atoms with van der Waals surface area (Å²) in [5, 5.41) is 0. The Kier molecular flexibility index (Phi) is 8.07. The number of aryl methyl sites for hydroxylation is 1. The molecule has 6 nitrogen and oxygen atoms in total. The zero-order valence-electron chi connectivity index (χ0n) is 18.4. The van der Waals surface area contributed by atoms with Gasteiger partial charge >= 0.3 is 0 Å². The average Bonchev–Trinajstić information content (AvgIpc) is 3.02. The minimum absolute atomic E-state index is 0.559. The fourth-order valence-corrected chi connectivity index (χ4v) is 2.88. The molecule has 0 amide bonds. The van der Waals surface area contributed by atoms with Gasteiger partial charge in [0.15, 0.2) is 5.82 Å². The van der Waals surface area contributed by atoms with Gasteiger partial charge in [0.1, 0.15) is 22.9 Å². The number of para-hydroxylation sites is 1. The van der Waals surface area contributed by atoms with Crippen molar-refractivity contribution in [2.24, 2.45) is 0 Å². The summed E-state index contributed by atoms with van der Waals surface area (Å²) in [7, 11) is 3.29. The van der Waals surface area contributed by atoms with Crippen molar-refractivity contribution in [2.45, 2.75) is 41.0 Å². The van der Waals surface area contributed by atoms with Gasteiger partial charge in [-0.1, -0.05) is 32.4 Å². The van der Waals surface area contributed by atoms with E-state index in [1.807, 2.05) is 61.7 Å². The number of methoxy groups -OCH3 is 2. The molecule has 3 rings (SSSR count). The van der Waals surface area contributed by atoms with Gasteiger partial charge in [-0.2, -0.15) is 0 Å². The molecule has 6 heteroatoms. The van der Waals surface area contributed by atoms with Crippen LogP contribution < -0.4 is 14.2 Å². The van der Waals surface area contributed by atoms with Gasteiger partial charge in [-0.15, -0.1) is 0 Å². The van der Waals surface area contributed by atoms with E-state index in [4.69, 9.17) is 19.2 Å². The molecule has 0 saturated carbocycles. The summed E-state index contributed by atoms with van der Waals surface area (Å²) < 4.78 is 18.7. The fourth-order valence-electron chi connectivity index (χ4n) is 2.88. The van der Waals surface area contributed by atoms with Crippen molar-refractivity contribution in [3.05, 3.63) is 47.8 Å². The summed E-state index contributed by atoms with van der Waals surface area (Å²) in [5.41, 5.74) is 3.43. The topological polar surface area (TPSA) is 58.4 Å². The molecule has 0 spiro atoms. The first kappa shape index (κ1) is 22.3. The Hall–Kier alpha value is -3.02. The first-order valence-corrected chi connectivity index (χ1v) is 9.89. The number of nitrogens with zero attached hydrogens (tertiary/aromatic N) is 3. The highest BCUT2D eigenvalue weighted by Gasteiger charge is 2.22. The first-order chi connectivity index (χ1) is 14.0. The van der Waals surface area contributed by atoms with Gasteiger partial charge in [-0.25, -0.2) is 9.97 Å². The molecular formula is C23H31N3O3. The van der Waals surface area contributed by atoms with Crippen LogP contribution in [-0.2, 0) is 0 Å². The second-order valence-corrected chi connectivity index (χ2v) is 6.45. The highest BCUT2D eigenvalue weighted by Crippen LogP contribution is 2.37. The standard InChI is InChI=1S/C20H23N3O3.C3H8/c1-6-26-18-12-7-9-15(22-18)20-21-13(2)14(3)23(20)19-16(24-4)10-8-11-17(19)25-5;1-3-2/h7-12H,6H2,1-5H3;3H2,1-2H3. The van der Waals surface area contributed by atoms with Crippen molar-refractivity contribution in [1.82, 2.24) is 14.5 Å². The molecule has 0 unspecified atom stereocenters. The SMILES string of the molecule is CCC.CCOc1cccc(-c2nc(C)c(C)n2-c2c(OC)cccc2OC)n1. The van der Waals surface area contributed by atoms with E-state index in [1.54, 1.807) is 14.2 Å². The van der Waals surface area contributed by atoms with E-state index in [0.29, 0.717) is 29.8 Å². The monoisotopic (exact) mass is 397 g/mol. The molecule has 156 valence electrons. The molecule has 0 N–H and O–H groups in total. The summed E-state index contributed by atoms with van der Waals surface area (Å²) in [5.74, 6) is 2.69. The Morgan fingerprint density at radius 1 is 0.862 bits per heavy atom. The van der Waals surface area contributed by atoms with E-state index < -0.39 is 0 Å². The van der Waals surface area contributed by atoms with E-state index in [2.05, 4.69) is 18.8 Å². The summed E-state index contributed by atoms with van der Waals surface area (Å²) in [6, 6.07) is 11.4. The summed E-state index contributed by atoms with van der Waals surface area (Å²) in [6.45, 7) is 10.7. The number of hydrogen-bond acceptors (Lipinski definition) is 5. The molecule has 1 aromatic carbocycles. The largest absolute Gasteiger partial charge is 0.494 e. The Morgan fingerprint density at radius 2 is 1.45 bits per heavy atom. The van der Waals surface area contributed by atoms with Gasteiger partial charge in [-0.3, -0.25) is 4.57 Å². The van der Waals surface area contributed by atoms with E-state index in [9.17, 15) is 0 Å². The van der Waals surface area contributed by atoms with Crippen LogP contribution >= 0.6 is 0 Å². The number of imidazole rings is 1. The van der Waals surface area contributed by atoms with Gasteiger partial charge < -0.3 is 14.2 Å². The lowest BCUT2D eigenvalue weighted by atomic mass is 10.2. The van der Waals surface area contributed by atoms with Gasteiger partial charge in [0.2, 0.25) is 5.88 Å². The zero-order chi connectivity index (χ0) is 21.4. The third-order valence-electron chi connectivity index (χ3n) is 4.21. The minimum Gasteiger partial charge on any atom is -0.494 e. The molecular weight excluding hydrogens is 366 g/mol. The third-order valence-corrected chi connectivity index (χ3v) is 4.21. The molecule has 2 heterocycles. The van der Waals surface area contributed by atoms with Crippen molar-refractivity contribution in [1.29, 1.82) is 0 Å². The smallest absolute Gasteiger partial charge is 0.213 e. The number of rotatable bonds is 6. The number of benzene rings is 1. The van der Waals surface area contributed by atoms with E-state index in [1.165, 1.54) is 6.42 Å². The number of ether oxygens (including phenoxy) is 3. The van der Waals surface area contributed by atoms with E-state index in [-0.39, 0.29) is 0 Å². The Labute approximate surface area is 173 Å². The molecule has 0 radical (unpaired) electrons. The minimum atomic E-state index is 0.559. The summed E-state index contributed by atoms with van der Waals surface area (Å²) >= 11 is 0. The predicted octanol–water partition coefficient (Wildman–Crippen LogP) is 5.38. The molecule has 0 bridgehead atoms. The predicted molar refractivity (Wildman–Crippen MR) is 117 cm³/mol. The van der Waals surface area contributed by atoms with E-state index >= 15 is 0 Å². The van der Waals surface area contributed by atoms with Crippen molar-refractivity contribution < 1.29 is 14.2 Å². The lowest BCUT2D eigenvalue weighted by molar-refractivity contribution is 0.327. The van der Waals surface area contributed by atoms with Crippen LogP contribution in [0.3, 0.4) is 0 Å². The van der Waals surface area contributed by atoms with Gasteiger partial charge in [0.05, 0.1) is 26.5 Å². The fraction of sp³-hybridized carbons (Fsp3) is 0.391. The van der Waals surface area contributed by atoms with Crippen LogP contribution in [0.4, 0.5) is 0 Å². The Bertz CT molecular complexity index is 913. The molecule has 0 fully saturated rings. The normalized spacial score (nSPS) is 10.2. The Morgan fingerprint density at radius 3 is 2.00 bits per heavy atom. The lowest BCUT2D eigenvalue weighted by Gasteiger charge is -2.17. The molecule has 0 aliphatic heterocycles. The van der Waals surface area contributed by atoms with Crippen LogP contribution in [-0.4, -0.2) is 35.4 Å². The molecule has 3 aromatic rings. The molecule has 29 heavy (non-hydrogen) atoms. The summed E-state index contributed by atoms with van der Waals surface area (Å²) in [6.07, 6.45) is 1.25. The third kappa shape index (κ3) is 4.88. The maximum atomic E-state index is 5.59. The molecule has 0 aliphatic rings. The van der Waals surface area contributed by atoms with Crippen LogP contribution in [0.5, 0.6) is 17.4 Å². The number of hydrogen-bond donors (Lipinski definition) is 0. The van der Waals surface area contributed by atoms with Crippen LogP contribution in [0.25, 0.3) is 17.2 Å². The number of aromatic nitrogens is 3. The highest BCUT2D eigenvalue weighted by molar-refractivity contribution is 5.65. The second-order valence-electron chi connectivity index (χ2n) is 6.45. The van der Waals surface area contributed by atoms with Crippen LogP contribution in [0.2, 0.25) is 0 Å². The Balaban J connectivity index is 0.000000941. The zero-order valence-corrected chi connectivity index (χ0v) is 18.4.